The minimum absolute atomic E-state index is 0.248. The molecule has 5 heteroatoms. The Morgan fingerprint density at radius 3 is 2.24 bits per heavy atom. The first-order chi connectivity index (χ1) is 8.00. The molecule has 0 heterocycles. The van der Waals surface area contributed by atoms with Gasteiger partial charge in [-0.05, 0) is 17.9 Å². The highest BCUT2D eigenvalue weighted by Crippen LogP contribution is 2.15. The van der Waals surface area contributed by atoms with E-state index in [2.05, 4.69) is 0 Å². The van der Waals surface area contributed by atoms with E-state index in [9.17, 15) is 9.59 Å². The Labute approximate surface area is 98.9 Å². The number of carboxylic acids is 2. The highest BCUT2D eigenvalue weighted by atomic mass is 16.4. The molecular weight excluding hydrogens is 222 g/mol. The predicted octanol–water partition coefficient (Wildman–Crippen LogP) is 0.732. The van der Waals surface area contributed by atoms with Crippen LogP contribution in [0.1, 0.15) is 12.0 Å². The van der Waals surface area contributed by atoms with E-state index in [1.807, 2.05) is 30.3 Å². The highest BCUT2D eigenvalue weighted by Gasteiger charge is 2.26. The lowest BCUT2D eigenvalue weighted by molar-refractivity contribution is -0.142. The quantitative estimate of drug-likeness (QED) is 0.677. The fourth-order valence-electron chi connectivity index (χ4n) is 1.67. The van der Waals surface area contributed by atoms with Gasteiger partial charge in [0.05, 0.1) is 6.42 Å². The van der Waals surface area contributed by atoms with E-state index in [-0.39, 0.29) is 6.42 Å². The molecule has 1 aromatic carbocycles. The van der Waals surface area contributed by atoms with E-state index in [0.717, 1.165) is 5.56 Å². The standard InChI is InChI=1S/C12H15NO4/c13-11(12(16)17)9(7-10(14)15)6-8-4-2-1-3-5-8/h1-5,9,11H,6-7,13H2,(H,14,15)(H,16,17)/t9?,11-/m1/s1. The van der Waals surface area contributed by atoms with Gasteiger partial charge in [-0.3, -0.25) is 9.59 Å². The van der Waals surface area contributed by atoms with Crippen molar-refractivity contribution in [3.05, 3.63) is 35.9 Å². The van der Waals surface area contributed by atoms with Crippen molar-refractivity contribution in [1.82, 2.24) is 0 Å². The SMILES string of the molecule is N[C@@H](C(=O)O)C(CC(=O)O)Cc1ccccc1. The fourth-order valence-corrected chi connectivity index (χ4v) is 1.67. The summed E-state index contributed by atoms with van der Waals surface area (Å²) in [6, 6.07) is 7.96. The van der Waals surface area contributed by atoms with Gasteiger partial charge in [0.15, 0.2) is 0 Å². The highest BCUT2D eigenvalue weighted by molar-refractivity contribution is 5.75. The molecule has 17 heavy (non-hydrogen) atoms. The molecule has 0 saturated carbocycles. The Morgan fingerprint density at radius 2 is 1.76 bits per heavy atom. The molecule has 0 aliphatic rings. The van der Waals surface area contributed by atoms with Gasteiger partial charge >= 0.3 is 11.9 Å². The van der Waals surface area contributed by atoms with Crippen LogP contribution in [0.4, 0.5) is 0 Å². The lowest BCUT2D eigenvalue weighted by Crippen LogP contribution is -2.40. The number of carboxylic acid groups (broad SMARTS) is 2. The molecule has 5 nitrogen and oxygen atoms in total. The monoisotopic (exact) mass is 237 g/mol. The topological polar surface area (TPSA) is 101 Å². The predicted molar refractivity (Wildman–Crippen MR) is 61.5 cm³/mol. The van der Waals surface area contributed by atoms with E-state index >= 15 is 0 Å². The summed E-state index contributed by atoms with van der Waals surface area (Å²) in [4.78, 5) is 21.5. The smallest absolute Gasteiger partial charge is 0.320 e. The van der Waals surface area contributed by atoms with Crippen molar-refractivity contribution < 1.29 is 19.8 Å². The average Bonchev–Trinajstić information content (AvgIpc) is 2.28. The van der Waals surface area contributed by atoms with Gasteiger partial charge in [-0.2, -0.15) is 0 Å². The number of benzene rings is 1. The summed E-state index contributed by atoms with van der Waals surface area (Å²) < 4.78 is 0. The summed E-state index contributed by atoms with van der Waals surface area (Å²) in [7, 11) is 0. The molecule has 1 aromatic rings. The molecule has 0 fully saturated rings. The van der Waals surface area contributed by atoms with Crippen molar-refractivity contribution in [1.29, 1.82) is 0 Å². The first-order valence-corrected chi connectivity index (χ1v) is 5.25. The largest absolute Gasteiger partial charge is 0.481 e. The van der Waals surface area contributed by atoms with Crippen LogP contribution in [0.2, 0.25) is 0 Å². The third-order valence-corrected chi connectivity index (χ3v) is 2.57. The number of nitrogens with two attached hydrogens (primary N) is 1. The number of hydrogen-bond acceptors (Lipinski definition) is 3. The van der Waals surface area contributed by atoms with E-state index in [0.29, 0.717) is 6.42 Å². The molecule has 0 amide bonds. The maximum absolute atomic E-state index is 10.8. The second-order valence-corrected chi connectivity index (χ2v) is 3.91. The third kappa shape index (κ3) is 4.24. The van der Waals surface area contributed by atoms with Crippen molar-refractivity contribution in [3.8, 4) is 0 Å². The van der Waals surface area contributed by atoms with Gasteiger partial charge in [0.1, 0.15) is 6.04 Å². The maximum Gasteiger partial charge on any atom is 0.320 e. The number of hydrogen-bond donors (Lipinski definition) is 3. The van der Waals surface area contributed by atoms with Gasteiger partial charge < -0.3 is 15.9 Å². The summed E-state index contributed by atoms with van der Waals surface area (Å²) in [5, 5.41) is 17.6. The van der Waals surface area contributed by atoms with Crippen LogP contribution in [0.15, 0.2) is 30.3 Å². The Bertz CT molecular complexity index is 391. The number of carbonyl (C=O) groups is 2. The van der Waals surface area contributed by atoms with Crippen LogP contribution in [0.3, 0.4) is 0 Å². The van der Waals surface area contributed by atoms with E-state index in [1.165, 1.54) is 0 Å². The molecule has 0 aliphatic carbocycles. The van der Waals surface area contributed by atoms with Gasteiger partial charge in [0.2, 0.25) is 0 Å². The normalized spacial score (nSPS) is 13.9. The van der Waals surface area contributed by atoms with E-state index in [1.54, 1.807) is 0 Å². The molecule has 4 N–H and O–H groups in total. The zero-order valence-electron chi connectivity index (χ0n) is 9.24. The lowest BCUT2D eigenvalue weighted by atomic mass is 9.90. The van der Waals surface area contributed by atoms with Crippen LogP contribution in [-0.4, -0.2) is 28.2 Å². The molecule has 0 saturated heterocycles. The Kier molecular flexibility index (Phi) is 4.66. The van der Waals surface area contributed by atoms with Crippen LogP contribution in [0.5, 0.6) is 0 Å². The fraction of sp³-hybridized carbons (Fsp3) is 0.333. The number of rotatable bonds is 6. The first-order valence-electron chi connectivity index (χ1n) is 5.25. The lowest BCUT2D eigenvalue weighted by Gasteiger charge is -2.18. The third-order valence-electron chi connectivity index (χ3n) is 2.57. The van der Waals surface area contributed by atoms with Gasteiger partial charge in [-0.15, -0.1) is 0 Å². The maximum atomic E-state index is 10.8. The molecule has 0 aromatic heterocycles. The van der Waals surface area contributed by atoms with Crippen molar-refractivity contribution in [2.24, 2.45) is 11.7 Å². The first kappa shape index (κ1) is 13.2. The Balaban J connectivity index is 2.77. The van der Waals surface area contributed by atoms with Crippen LogP contribution in [0.25, 0.3) is 0 Å². The molecule has 0 radical (unpaired) electrons. The minimum atomic E-state index is -1.17. The molecule has 1 rings (SSSR count). The Hall–Kier alpha value is -1.88. The van der Waals surface area contributed by atoms with Crippen LogP contribution >= 0.6 is 0 Å². The van der Waals surface area contributed by atoms with Gasteiger partial charge in [-0.1, -0.05) is 30.3 Å². The van der Waals surface area contributed by atoms with E-state index in [4.69, 9.17) is 15.9 Å². The second-order valence-electron chi connectivity index (χ2n) is 3.91. The summed E-state index contributed by atoms with van der Waals surface area (Å²) >= 11 is 0. The summed E-state index contributed by atoms with van der Waals surface area (Å²) in [5.41, 5.74) is 6.38. The van der Waals surface area contributed by atoms with Crippen LogP contribution in [-0.2, 0) is 16.0 Å². The van der Waals surface area contributed by atoms with Gasteiger partial charge in [-0.25, -0.2) is 0 Å². The second kappa shape index (κ2) is 6.00. The summed E-state index contributed by atoms with van der Waals surface area (Å²) in [5.74, 6) is -2.82. The molecule has 2 atom stereocenters. The zero-order valence-corrected chi connectivity index (χ0v) is 9.24. The van der Waals surface area contributed by atoms with Crippen LogP contribution < -0.4 is 5.73 Å². The summed E-state index contributed by atoms with van der Waals surface area (Å²) in [6.07, 6.45) is 0.100. The van der Waals surface area contributed by atoms with Crippen molar-refractivity contribution in [3.63, 3.8) is 0 Å². The molecule has 1 unspecified atom stereocenters. The average molecular weight is 237 g/mol. The zero-order chi connectivity index (χ0) is 12.8. The number of aliphatic carboxylic acids is 2. The van der Waals surface area contributed by atoms with Crippen LogP contribution in [0, 0.1) is 5.92 Å². The van der Waals surface area contributed by atoms with Crippen molar-refractivity contribution in [2.75, 3.05) is 0 Å². The molecule has 92 valence electrons. The molecule has 0 spiro atoms. The molecule has 0 bridgehead atoms. The Morgan fingerprint density at radius 1 is 1.18 bits per heavy atom. The minimum Gasteiger partial charge on any atom is -0.481 e. The van der Waals surface area contributed by atoms with Crippen molar-refractivity contribution >= 4 is 11.9 Å². The van der Waals surface area contributed by atoms with Gasteiger partial charge in [0.25, 0.3) is 0 Å². The van der Waals surface area contributed by atoms with Gasteiger partial charge in [0, 0.05) is 0 Å². The van der Waals surface area contributed by atoms with Crippen molar-refractivity contribution in [2.45, 2.75) is 18.9 Å². The summed E-state index contributed by atoms with van der Waals surface area (Å²) in [6.45, 7) is 0. The molecular formula is C12H15NO4. The molecule has 0 aliphatic heterocycles. The van der Waals surface area contributed by atoms with E-state index < -0.39 is 23.9 Å².